The van der Waals surface area contributed by atoms with Crippen LogP contribution in [0, 0.1) is 19.8 Å². The number of amides is 2. The van der Waals surface area contributed by atoms with Crippen LogP contribution in [0.3, 0.4) is 0 Å². The molecular weight excluding hydrogens is 486 g/mol. The number of benzene rings is 2. The van der Waals surface area contributed by atoms with Crippen LogP contribution in [0.1, 0.15) is 43.9 Å². The first-order valence-corrected chi connectivity index (χ1v) is 13.9. The maximum atomic E-state index is 13.7. The van der Waals surface area contributed by atoms with Gasteiger partial charge >= 0.3 is 0 Å². The molecule has 0 aliphatic rings. The summed E-state index contributed by atoms with van der Waals surface area (Å²) in [4.78, 5) is 28.2. The van der Waals surface area contributed by atoms with Crippen molar-refractivity contribution in [1.29, 1.82) is 0 Å². The molecule has 2 rings (SSSR count). The molecule has 35 heavy (non-hydrogen) atoms. The number of carbonyl (C=O) groups excluding carboxylic acids is 2. The molecule has 9 heteroatoms. The van der Waals surface area contributed by atoms with E-state index in [-0.39, 0.29) is 18.4 Å². The first kappa shape index (κ1) is 28.7. The van der Waals surface area contributed by atoms with E-state index in [1.165, 1.54) is 4.90 Å². The first-order chi connectivity index (χ1) is 16.3. The first-order valence-electron chi connectivity index (χ1n) is 11.7. The van der Waals surface area contributed by atoms with Crippen molar-refractivity contribution in [2.45, 2.75) is 53.6 Å². The number of sulfonamides is 1. The van der Waals surface area contributed by atoms with Crippen LogP contribution >= 0.6 is 11.6 Å². The Bertz CT molecular complexity index is 1130. The van der Waals surface area contributed by atoms with E-state index in [0.29, 0.717) is 29.2 Å². The highest BCUT2D eigenvalue weighted by Crippen LogP contribution is 2.26. The molecule has 2 amide bonds. The molecule has 0 aliphatic heterocycles. The zero-order valence-corrected chi connectivity index (χ0v) is 22.9. The van der Waals surface area contributed by atoms with Crippen molar-refractivity contribution < 1.29 is 18.0 Å². The van der Waals surface area contributed by atoms with Crippen LogP contribution in [0.25, 0.3) is 0 Å². The Morgan fingerprint density at radius 3 is 2.20 bits per heavy atom. The normalized spacial score (nSPS) is 12.3. The SMILES string of the molecule is CC[C@@H](C(=O)NCC(C)C)N(Cc1ccc(C)cc1)C(=O)CN(c1ccc(Cl)cc1C)S(C)(=O)=O. The second-order valence-corrected chi connectivity index (χ2v) is 11.6. The predicted octanol–water partition coefficient (Wildman–Crippen LogP) is 4.30. The van der Waals surface area contributed by atoms with Gasteiger partial charge in [-0.3, -0.25) is 13.9 Å². The molecule has 0 bridgehead atoms. The molecule has 0 saturated carbocycles. The zero-order valence-electron chi connectivity index (χ0n) is 21.3. The fourth-order valence-electron chi connectivity index (χ4n) is 3.73. The van der Waals surface area contributed by atoms with Crippen LogP contribution in [0.15, 0.2) is 42.5 Å². The number of carbonyl (C=O) groups is 2. The molecule has 0 fully saturated rings. The van der Waals surface area contributed by atoms with Crippen LogP contribution in [0.5, 0.6) is 0 Å². The molecule has 2 aromatic carbocycles. The van der Waals surface area contributed by atoms with Gasteiger partial charge in [-0.1, -0.05) is 62.2 Å². The fourth-order valence-corrected chi connectivity index (χ4v) is 4.86. The standard InChI is InChI=1S/C26H36ClN3O4S/c1-7-23(26(32)28-15-18(2)3)29(16-21-10-8-19(4)9-11-21)25(31)17-30(35(6,33)34)24-13-12-22(27)14-20(24)5/h8-14,18,23H,7,15-17H2,1-6H3,(H,28,32)/t23-/m0/s1. The molecule has 192 valence electrons. The molecule has 1 N–H and O–H groups in total. The summed E-state index contributed by atoms with van der Waals surface area (Å²) in [7, 11) is -3.79. The van der Waals surface area contributed by atoms with E-state index in [0.717, 1.165) is 21.7 Å². The average Bonchev–Trinajstić information content (AvgIpc) is 2.76. The monoisotopic (exact) mass is 521 g/mol. The van der Waals surface area contributed by atoms with Gasteiger partial charge in [0.2, 0.25) is 21.8 Å². The summed E-state index contributed by atoms with van der Waals surface area (Å²) < 4.78 is 26.5. The lowest BCUT2D eigenvalue weighted by Crippen LogP contribution is -2.52. The third-order valence-electron chi connectivity index (χ3n) is 5.65. The number of nitrogens with zero attached hydrogens (tertiary/aromatic N) is 2. The average molecular weight is 522 g/mol. The van der Waals surface area contributed by atoms with Gasteiger partial charge in [0.1, 0.15) is 12.6 Å². The Kier molecular flexibility index (Phi) is 10.2. The van der Waals surface area contributed by atoms with E-state index < -0.39 is 28.5 Å². The van der Waals surface area contributed by atoms with Gasteiger partial charge in [-0.2, -0.15) is 0 Å². The van der Waals surface area contributed by atoms with Gasteiger partial charge in [0.05, 0.1) is 11.9 Å². The van der Waals surface area contributed by atoms with Gasteiger partial charge in [-0.15, -0.1) is 0 Å². The quantitative estimate of drug-likeness (QED) is 0.477. The molecule has 0 heterocycles. The lowest BCUT2D eigenvalue weighted by molar-refractivity contribution is -0.140. The maximum Gasteiger partial charge on any atom is 0.244 e. The van der Waals surface area contributed by atoms with Crippen LogP contribution < -0.4 is 9.62 Å². The molecule has 0 saturated heterocycles. The van der Waals surface area contributed by atoms with E-state index in [2.05, 4.69) is 5.32 Å². The summed E-state index contributed by atoms with van der Waals surface area (Å²) in [5.74, 6) is -0.460. The summed E-state index contributed by atoms with van der Waals surface area (Å²) in [6.45, 7) is 9.78. The van der Waals surface area contributed by atoms with E-state index in [1.54, 1.807) is 25.1 Å². The summed E-state index contributed by atoms with van der Waals surface area (Å²) in [6.07, 6.45) is 1.45. The molecule has 2 aromatic rings. The van der Waals surface area contributed by atoms with Crippen molar-refractivity contribution in [3.05, 3.63) is 64.2 Å². The number of halogens is 1. The van der Waals surface area contributed by atoms with E-state index in [4.69, 9.17) is 11.6 Å². The lowest BCUT2D eigenvalue weighted by Gasteiger charge is -2.33. The second kappa shape index (κ2) is 12.4. The van der Waals surface area contributed by atoms with Gasteiger partial charge in [-0.05, 0) is 55.5 Å². The van der Waals surface area contributed by atoms with Crippen LogP contribution in [0.2, 0.25) is 5.02 Å². The summed E-state index contributed by atoms with van der Waals surface area (Å²) in [5.41, 5.74) is 2.93. The molecule has 0 spiro atoms. The minimum atomic E-state index is -3.79. The highest BCUT2D eigenvalue weighted by atomic mass is 35.5. The van der Waals surface area contributed by atoms with Crippen LogP contribution in [-0.2, 0) is 26.2 Å². The third-order valence-corrected chi connectivity index (χ3v) is 7.01. The Morgan fingerprint density at radius 1 is 1.06 bits per heavy atom. The Hall–Kier alpha value is -2.58. The highest BCUT2D eigenvalue weighted by Gasteiger charge is 2.32. The smallest absolute Gasteiger partial charge is 0.244 e. The lowest BCUT2D eigenvalue weighted by atomic mass is 10.1. The summed E-state index contributed by atoms with van der Waals surface area (Å²) in [6, 6.07) is 11.8. The minimum absolute atomic E-state index is 0.184. The highest BCUT2D eigenvalue weighted by molar-refractivity contribution is 7.92. The van der Waals surface area contributed by atoms with Crippen molar-refractivity contribution in [1.82, 2.24) is 10.2 Å². The van der Waals surface area contributed by atoms with E-state index in [1.807, 2.05) is 52.0 Å². The zero-order chi connectivity index (χ0) is 26.3. The maximum absolute atomic E-state index is 13.7. The Balaban J connectivity index is 2.44. The van der Waals surface area contributed by atoms with Gasteiger partial charge in [0.15, 0.2) is 0 Å². The minimum Gasteiger partial charge on any atom is -0.354 e. The number of anilines is 1. The van der Waals surface area contributed by atoms with Gasteiger partial charge in [-0.25, -0.2) is 8.42 Å². The number of nitrogens with one attached hydrogen (secondary N) is 1. The number of rotatable bonds is 11. The topological polar surface area (TPSA) is 86.8 Å². The van der Waals surface area contributed by atoms with Crippen LogP contribution in [0.4, 0.5) is 5.69 Å². The number of aryl methyl sites for hydroxylation is 2. The largest absolute Gasteiger partial charge is 0.354 e. The third kappa shape index (κ3) is 8.25. The van der Waals surface area contributed by atoms with Crippen molar-refractivity contribution in [2.75, 3.05) is 23.7 Å². The van der Waals surface area contributed by atoms with Gasteiger partial charge in [0, 0.05) is 18.1 Å². The molecule has 0 aliphatic carbocycles. The van der Waals surface area contributed by atoms with E-state index in [9.17, 15) is 18.0 Å². The van der Waals surface area contributed by atoms with Crippen molar-refractivity contribution in [3.63, 3.8) is 0 Å². The summed E-state index contributed by atoms with van der Waals surface area (Å²) >= 11 is 6.05. The number of hydrogen-bond donors (Lipinski definition) is 1. The van der Waals surface area contributed by atoms with Crippen molar-refractivity contribution >= 4 is 39.1 Å². The summed E-state index contributed by atoms with van der Waals surface area (Å²) in [5, 5.41) is 3.39. The van der Waals surface area contributed by atoms with Crippen LogP contribution in [-0.4, -0.2) is 50.5 Å². The van der Waals surface area contributed by atoms with Gasteiger partial charge < -0.3 is 10.2 Å². The fraction of sp³-hybridized carbons (Fsp3) is 0.462. The van der Waals surface area contributed by atoms with E-state index >= 15 is 0 Å². The molecule has 7 nitrogen and oxygen atoms in total. The Morgan fingerprint density at radius 2 is 1.69 bits per heavy atom. The Labute approximate surface area is 214 Å². The molecule has 0 radical (unpaired) electrons. The molecule has 0 unspecified atom stereocenters. The molecular formula is C26H36ClN3O4S. The second-order valence-electron chi connectivity index (χ2n) is 9.27. The molecule has 1 atom stereocenters. The van der Waals surface area contributed by atoms with Crippen molar-refractivity contribution in [3.8, 4) is 0 Å². The molecule has 0 aromatic heterocycles. The predicted molar refractivity (Wildman–Crippen MR) is 142 cm³/mol. The van der Waals surface area contributed by atoms with Gasteiger partial charge in [0.25, 0.3) is 0 Å². The van der Waals surface area contributed by atoms with Crippen molar-refractivity contribution in [2.24, 2.45) is 5.92 Å². The number of hydrogen-bond acceptors (Lipinski definition) is 4.